The van der Waals surface area contributed by atoms with Gasteiger partial charge < -0.3 is 10.2 Å². The normalized spacial score (nSPS) is 10.4. The molecular formula is C16H16O3S. The Kier molecular flexibility index (Phi) is 4.69. The van der Waals surface area contributed by atoms with E-state index in [0.717, 1.165) is 16.2 Å². The predicted octanol–water partition coefficient (Wildman–Crippen LogP) is 3.73. The van der Waals surface area contributed by atoms with E-state index in [0.29, 0.717) is 5.56 Å². The largest absolute Gasteiger partial charge is 0.508 e. The van der Waals surface area contributed by atoms with Gasteiger partial charge in [0.25, 0.3) is 0 Å². The number of carboxylic acids is 1. The summed E-state index contributed by atoms with van der Waals surface area (Å²) in [5.74, 6) is -0.814. The van der Waals surface area contributed by atoms with Crippen molar-refractivity contribution >= 4 is 17.7 Å². The molecule has 104 valence electrons. The second-order valence-electron chi connectivity index (χ2n) is 4.46. The first-order valence-corrected chi connectivity index (χ1v) is 7.20. The average molecular weight is 288 g/mol. The topological polar surface area (TPSA) is 57.5 Å². The number of hydrogen-bond donors (Lipinski definition) is 2. The zero-order chi connectivity index (χ0) is 14.5. The Hall–Kier alpha value is -1.94. The number of benzene rings is 2. The maximum absolute atomic E-state index is 10.9. The molecule has 0 amide bonds. The lowest BCUT2D eigenvalue weighted by molar-refractivity contribution is -0.136. The maximum atomic E-state index is 10.9. The number of hydrogen-bond acceptors (Lipinski definition) is 3. The SMILES string of the molecule is CCc1ccc(Sc2ccc(O)cc2CC(=O)O)cc1. The second kappa shape index (κ2) is 6.48. The second-order valence-corrected chi connectivity index (χ2v) is 5.58. The van der Waals surface area contributed by atoms with Crippen molar-refractivity contribution < 1.29 is 15.0 Å². The highest BCUT2D eigenvalue weighted by Crippen LogP contribution is 2.32. The van der Waals surface area contributed by atoms with E-state index in [2.05, 4.69) is 19.1 Å². The molecule has 0 aliphatic carbocycles. The van der Waals surface area contributed by atoms with Gasteiger partial charge in [-0.3, -0.25) is 4.79 Å². The minimum absolute atomic E-state index is 0.0898. The summed E-state index contributed by atoms with van der Waals surface area (Å²) in [6, 6.07) is 13.0. The fourth-order valence-electron chi connectivity index (χ4n) is 1.89. The zero-order valence-corrected chi connectivity index (χ0v) is 12.0. The molecule has 4 heteroatoms. The Morgan fingerprint density at radius 3 is 2.45 bits per heavy atom. The van der Waals surface area contributed by atoms with Crippen molar-refractivity contribution in [1.29, 1.82) is 0 Å². The molecule has 0 saturated heterocycles. The lowest BCUT2D eigenvalue weighted by Crippen LogP contribution is -2.01. The first kappa shape index (κ1) is 14.5. The van der Waals surface area contributed by atoms with E-state index < -0.39 is 5.97 Å². The molecule has 0 aliphatic heterocycles. The first-order valence-electron chi connectivity index (χ1n) is 6.39. The van der Waals surface area contributed by atoms with Crippen molar-refractivity contribution in [3.63, 3.8) is 0 Å². The quantitative estimate of drug-likeness (QED) is 0.880. The Bertz CT molecular complexity index is 606. The fourth-order valence-corrected chi connectivity index (χ4v) is 2.81. The van der Waals surface area contributed by atoms with Crippen molar-refractivity contribution in [2.24, 2.45) is 0 Å². The molecule has 0 bridgehead atoms. The minimum Gasteiger partial charge on any atom is -0.508 e. The molecule has 0 aliphatic rings. The molecule has 0 fully saturated rings. The smallest absolute Gasteiger partial charge is 0.307 e. The van der Waals surface area contributed by atoms with Crippen LogP contribution in [0.25, 0.3) is 0 Å². The van der Waals surface area contributed by atoms with Gasteiger partial charge in [-0.05, 0) is 47.9 Å². The van der Waals surface area contributed by atoms with Crippen molar-refractivity contribution in [2.45, 2.75) is 29.6 Å². The lowest BCUT2D eigenvalue weighted by atomic mass is 10.1. The Morgan fingerprint density at radius 2 is 1.85 bits per heavy atom. The number of carboxylic acid groups (broad SMARTS) is 1. The van der Waals surface area contributed by atoms with Crippen LogP contribution in [0.15, 0.2) is 52.3 Å². The molecule has 0 spiro atoms. The van der Waals surface area contributed by atoms with E-state index in [9.17, 15) is 9.90 Å². The van der Waals surface area contributed by atoms with Gasteiger partial charge in [0, 0.05) is 9.79 Å². The molecule has 0 heterocycles. The van der Waals surface area contributed by atoms with Crippen LogP contribution in [0.2, 0.25) is 0 Å². The number of aromatic hydroxyl groups is 1. The summed E-state index contributed by atoms with van der Waals surface area (Å²) in [6.45, 7) is 2.10. The molecule has 0 unspecified atom stereocenters. The van der Waals surface area contributed by atoms with Gasteiger partial charge in [0.2, 0.25) is 0 Å². The Labute approximate surface area is 122 Å². The third kappa shape index (κ3) is 3.78. The standard InChI is InChI=1S/C16H16O3S/c1-2-11-3-6-14(7-4-11)20-15-8-5-13(17)9-12(15)10-16(18)19/h3-9,17H,2,10H2,1H3,(H,18,19). The van der Waals surface area contributed by atoms with Crippen LogP contribution < -0.4 is 0 Å². The number of aliphatic carboxylic acids is 1. The van der Waals surface area contributed by atoms with Crippen molar-refractivity contribution in [3.8, 4) is 5.75 Å². The number of phenols is 1. The van der Waals surface area contributed by atoms with E-state index in [-0.39, 0.29) is 12.2 Å². The van der Waals surface area contributed by atoms with Crippen LogP contribution in [0.4, 0.5) is 0 Å². The highest BCUT2D eigenvalue weighted by Gasteiger charge is 2.09. The Morgan fingerprint density at radius 1 is 1.15 bits per heavy atom. The maximum Gasteiger partial charge on any atom is 0.307 e. The molecule has 0 aromatic heterocycles. The summed E-state index contributed by atoms with van der Waals surface area (Å²) >= 11 is 1.51. The number of rotatable bonds is 5. The highest BCUT2D eigenvalue weighted by atomic mass is 32.2. The molecule has 0 saturated carbocycles. The van der Waals surface area contributed by atoms with Crippen LogP contribution in [0.3, 0.4) is 0 Å². The third-order valence-corrected chi connectivity index (χ3v) is 4.07. The van der Waals surface area contributed by atoms with Crippen LogP contribution in [-0.2, 0) is 17.6 Å². The van der Waals surface area contributed by atoms with E-state index >= 15 is 0 Å². The number of carbonyl (C=O) groups is 1. The highest BCUT2D eigenvalue weighted by molar-refractivity contribution is 7.99. The van der Waals surface area contributed by atoms with Crippen molar-refractivity contribution in [2.75, 3.05) is 0 Å². The number of phenolic OH excluding ortho intramolecular Hbond substituents is 1. The van der Waals surface area contributed by atoms with Crippen LogP contribution in [-0.4, -0.2) is 16.2 Å². The molecular weight excluding hydrogens is 272 g/mol. The summed E-state index contributed by atoms with van der Waals surface area (Å²) in [7, 11) is 0. The van der Waals surface area contributed by atoms with Gasteiger partial charge in [0.05, 0.1) is 6.42 Å². The molecule has 0 atom stereocenters. The summed E-state index contributed by atoms with van der Waals surface area (Å²) < 4.78 is 0. The summed E-state index contributed by atoms with van der Waals surface area (Å²) in [4.78, 5) is 12.8. The van der Waals surface area contributed by atoms with Gasteiger partial charge in [-0.15, -0.1) is 0 Å². The summed E-state index contributed by atoms with van der Waals surface area (Å²) in [6.07, 6.45) is 0.901. The zero-order valence-electron chi connectivity index (χ0n) is 11.2. The fraction of sp³-hybridized carbons (Fsp3) is 0.188. The van der Waals surface area contributed by atoms with Crippen LogP contribution in [0.1, 0.15) is 18.1 Å². The third-order valence-electron chi connectivity index (χ3n) is 2.95. The summed E-state index contributed by atoms with van der Waals surface area (Å²) in [5, 5.41) is 18.4. The van der Waals surface area contributed by atoms with E-state index in [1.165, 1.54) is 23.4 Å². The van der Waals surface area contributed by atoms with Crippen molar-refractivity contribution in [3.05, 3.63) is 53.6 Å². The van der Waals surface area contributed by atoms with Gasteiger partial charge >= 0.3 is 5.97 Å². The van der Waals surface area contributed by atoms with Gasteiger partial charge in [-0.1, -0.05) is 30.8 Å². The summed E-state index contributed by atoms with van der Waals surface area (Å²) in [5.41, 5.74) is 1.90. The molecule has 0 radical (unpaired) electrons. The van der Waals surface area contributed by atoms with E-state index in [1.807, 2.05) is 12.1 Å². The lowest BCUT2D eigenvalue weighted by Gasteiger charge is -2.08. The predicted molar refractivity (Wildman–Crippen MR) is 79.4 cm³/mol. The molecule has 2 aromatic carbocycles. The van der Waals surface area contributed by atoms with Crippen LogP contribution >= 0.6 is 11.8 Å². The average Bonchev–Trinajstić information content (AvgIpc) is 2.42. The Balaban J connectivity index is 2.25. The van der Waals surface area contributed by atoms with E-state index in [4.69, 9.17) is 5.11 Å². The van der Waals surface area contributed by atoms with Gasteiger partial charge in [0.1, 0.15) is 5.75 Å². The molecule has 3 nitrogen and oxygen atoms in total. The molecule has 20 heavy (non-hydrogen) atoms. The molecule has 2 rings (SSSR count). The van der Waals surface area contributed by atoms with Crippen LogP contribution in [0, 0.1) is 0 Å². The molecule has 2 N–H and O–H groups in total. The van der Waals surface area contributed by atoms with Crippen molar-refractivity contribution in [1.82, 2.24) is 0 Å². The van der Waals surface area contributed by atoms with E-state index in [1.54, 1.807) is 12.1 Å². The molecule has 2 aromatic rings. The minimum atomic E-state index is -0.904. The van der Waals surface area contributed by atoms with Gasteiger partial charge in [-0.25, -0.2) is 0 Å². The van der Waals surface area contributed by atoms with Gasteiger partial charge in [0.15, 0.2) is 0 Å². The first-order chi connectivity index (χ1) is 9.58. The van der Waals surface area contributed by atoms with Crippen LogP contribution in [0.5, 0.6) is 5.75 Å². The van der Waals surface area contributed by atoms with Gasteiger partial charge in [-0.2, -0.15) is 0 Å². The number of aryl methyl sites for hydroxylation is 1. The monoisotopic (exact) mass is 288 g/mol.